The van der Waals surface area contributed by atoms with Gasteiger partial charge < -0.3 is 4.57 Å². The summed E-state index contributed by atoms with van der Waals surface area (Å²) >= 11 is 14.4. The molecule has 0 radical (unpaired) electrons. The van der Waals surface area contributed by atoms with Gasteiger partial charge in [0.1, 0.15) is 11.3 Å². The molecule has 21 heavy (non-hydrogen) atoms. The molecule has 1 aromatic heterocycles. The third kappa shape index (κ3) is 4.30. The molecule has 1 aromatic carbocycles. The van der Waals surface area contributed by atoms with Crippen molar-refractivity contribution in [2.24, 2.45) is 0 Å². The molecule has 1 heterocycles. The Hall–Kier alpha value is -0.380. The second-order valence-corrected chi connectivity index (χ2v) is 7.30. The second kappa shape index (κ2) is 8.30. The molecule has 0 bridgehead atoms. The van der Waals surface area contributed by atoms with Crippen molar-refractivity contribution < 1.29 is 0 Å². The number of rotatable bonds is 8. The van der Waals surface area contributed by atoms with Gasteiger partial charge in [-0.3, -0.25) is 0 Å². The molecular formula is C16H22Cl2N2S. The fraction of sp³-hybridized carbons (Fsp3) is 0.562. The smallest absolute Gasteiger partial charge is 0.127 e. The minimum Gasteiger partial charge on any atom is -0.327 e. The molecule has 5 heteroatoms. The van der Waals surface area contributed by atoms with Gasteiger partial charge in [0, 0.05) is 6.54 Å². The van der Waals surface area contributed by atoms with Crippen molar-refractivity contribution in [1.82, 2.24) is 9.55 Å². The summed E-state index contributed by atoms with van der Waals surface area (Å²) in [5, 5.41) is 0.592. The van der Waals surface area contributed by atoms with Crippen LogP contribution in [-0.2, 0) is 6.54 Å². The first-order valence-electron chi connectivity index (χ1n) is 7.42. The summed E-state index contributed by atoms with van der Waals surface area (Å²) in [4.78, 5) is 4.64. The summed E-state index contributed by atoms with van der Waals surface area (Å²) in [5.74, 6) is 2.18. The van der Waals surface area contributed by atoms with Crippen molar-refractivity contribution in [1.29, 1.82) is 0 Å². The number of unbranched alkanes of at least 4 members (excludes halogenated alkanes) is 3. The zero-order chi connectivity index (χ0) is 15.2. The number of fused-ring (bicyclic) bond motifs is 1. The van der Waals surface area contributed by atoms with Gasteiger partial charge in [-0.1, -0.05) is 30.5 Å². The first-order chi connectivity index (χ1) is 10.1. The number of halogens is 2. The lowest BCUT2D eigenvalue weighted by atomic mass is 10.2. The number of alkyl halides is 1. The monoisotopic (exact) mass is 344 g/mol. The molecule has 2 aromatic rings. The fourth-order valence-electron chi connectivity index (χ4n) is 2.54. The van der Waals surface area contributed by atoms with E-state index >= 15 is 0 Å². The van der Waals surface area contributed by atoms with Crippen molar-refractivity contribution in [3.63, 3.8) is 0 Å². The molecule has 116 valence electrons. The van der Waals surface area contributed by atoms with Gasteiger partial charge in [0.25, 0.3) is 0 Å². The molecule has 0 saturated carbocycles. The number of nitrogens with zero attached hydrogens (tertiary/aromatic N) is 2. The van der Waals surface area contributed by atoms with E-state index in [1.54, 1.807) is 0 Å². The molecule has 0 aliphatic heterocycles. The number of thioether (sulfide) groups is 1. The van der Waals surface area contributed by atoms with Crippen molar-refractivity contribution >= 4 is 46.0 Å². The Morgan fingerprint density at radius 1 is 1.24 bits per heavy atom. The largest absolute Gasteiger partial charge is 0.327 e. The summed E-state index contributed by atoms with van der Waals surface area (Å²) in [7, 11) is 0. The number of aromatic nitrogens is 2. The van der Waals surface area contributed by atoms with Crippen LogP contribution < -0.4 is 0 Å². The number of aryl methyl sites for hydroxylation is 1. The van der Waals surface area contributed by atoms with Crippen LogP contribution in [0, 0.1) is 0 Å². The van der Waals surface area contributed by atoms with Crippen LogP contribution in [0.1, 0.15) is 43.8 Å². The Labute approximate surface area is 141 Å². The molecule has 0 aliphatic carbocycles. The predicted octanol–water partition coefficient (Wildman–Crippen LogP) is 5.91. The van der Waals surface area contributed by atoms with Gasteiger partial charge in [0.2, 0.25) is 0 Å². The summed E-state index contributed by atoms with van der Waals surface area (Å²) < 4.78 is 2.23. The number of para-hydroxylation sites is 1. The Bertz CT molecular complexity index is 581. The molecule has 0 amide bonds. The van der Waals surface area contributed by atoms with Gasteiger partial charge in [-0.25, -0.2) is 4.98 Å². The van der Waals surface area contributed by atoms with Crippen molar-refractivity contribution in [2.75, 3.05) is 12.0 Å². The predicted molar refractivity (Wildman–Crippen MR) is 95.9 cm³/mol. The molecule has 0 aliphatic rings. The van der Waals surface area contributed by atoms with E-state index in [9.17, 15) is 0 Å². The van der Waals surface area contributed by atoms with Crippen molar-refractivity contribution in [2.45, 2.75) is 44.5 Å². The van der Waals surface area contributed by atoms with E-state index in [4.69, 9.17) is 23.2 Å². The summed E-state index contributed by atoms with van der Waals surface area (Å²) in [6.07, 6.45) is 7.16. The Kier molecular flexibility index (Phi) is 6.72. The average Bonchev–Trinajstić information content (AvgIpc) is 2.83. The lowest BCUT2D eigenvalue weighted by molar-refractivity contribution is 0.575. The van der Waals surface area contributed by atoms with Crippen LogP contribution in [0.2, 0.25) is 5.02 Å². The molecular weight excluding hydrogens is 323 g/mol. The van der Waals surface area contributed by atoms with Crippen LogP contribution in [0.5, 0.6) is 0 Å². The number of hydrogen-bond donors (Lipinski definition) is 0. The van der Waals surface area contributed by atoms with Gasteiger partial charge in [-0.2, -0.15) is 11.8 Å². The van der Waals surface area contributed by atoms with Crippen LogP contribution in [0.4, 0.5) is 0 Å². The number of imidazole rings is 1. The van der Waals surface area contributed by atoms with Gasteiger partial charge in [0.05, 0.1) is 15.9 Å². The van der Waals surface area contributed by atoms with Crippen molar-refractivity contribution in [3.05, 3.63) is 29.0 Å². The molecule has 0 saturated heterocycles. The van der Waals surface area contributed by atoms with Crippen LogP contribution in [0.25, 0.3) is 11.0 Å². The Morgan fingerprint density at radius 3 is 2.71 bits per heavy atom. The first kappa shape index (κ1) is 17.0. The summed E-state index contributed by atoms with van der Waals surface area (Å²) in [5.41, 5.74) is 1.96. The standard InChI is InChI=1S/C16H22Cl2N2S/c1-12(17)16-19-15-13(18)8-7-9-14(15)20(16)10-5-3-4-6-11-21-2/h7-9,12H,3-6,10-11H2,1-2H3. The lowest BCUT2D eigenvalue weighted by Gasteiger charge is -2.10. The van der Waals surface area contributed by atoms with E-state index in [2.05, 4.69) is 21.9 Å². The normalized spacial score (nSPS) is 13.0. The molecule has 0 N–H and O–H groups in total. The van der Waals surface area contributed by atoms with Gasteiger partial charge in [0.15, 0.2) is 0 Å². The highest BCUT2D eigenvalue weighted by atomic mass is 35.5. The van der Waals surface area contributed by atoms with E-state index in [0.717, 1.165) is 29.8 Å². The second-order valence-electron chi connectivity index (χ2n) is 5.25. The molecule has 0 fully saturated rings. The lowest BCUT2D eigenvalue weighted by Crippen LogP contribution is -2.04. The van der Waals surface area contributed by atoms with E-state index < -0.39 is 0 Å². The maximum atomic E-state index is 6.28. The zero-order valence-corrected chi connectivity index (χ0v) is 14.9. The molecule has 1 unspecified atom stereocenters. The van der Waals surface area contributed by atoms with Gasteiger partial charge in [-0.05, 0) is 43.9 Å². The first-order valence-corrected chi connectivity index (χ1v) is 9.63. The van der Waals surface area contributed by atoms with Gasteiger partial charge in [-0.15, -0.1) is 11.6 Å². The highest BCUT2D eigenvalue weighted by molar-refractivity contribution is 7.98. The fourth-order valence-corrected chi connectivity index (χ4v) is 3.41. The summed E-state index contributed by atoms with van der Waals surface area (Å²) in [6.45, 7) is 2.92. The van der Waals surface area contributed by atoms with Gasteiger partial charge >= 0.3 is 0 Å². The average molecular weight is 345 g/mol. The highest BCUT2D eigenvalue weighted by Crippen LogP contribution is 2.29. The molecule has 1 atom stereocenters. The quantitative estimate of drug-likeness (QED) is 0.437. The number of hydrogen-bond acceptors (Lipinski definition) is 2. The summed E-state index contributed by atoms with van der Waals surface area (Å²) in [6, 6.07) is 5.93. The van der Waals surface area contributed by atoms with E-state index in [1.165, 1.54) is 25.0 Å². The highest BCUT2D eigenvalue weighted by Gasteiger charge is 2.16. The minimum atomic E-state index is -0.107. The third-order valence-corrected chi connectivity index (χ3v) is 4.79. The minimum absolute atomic E-state index is 0.107. The number of benzene rings is 1. The third-order valence-electron chi connectivity index (χ3n) is 3.60. The Morgan fingerprint density at radius 2 is 2.00 bits per heavy atom. The Balaban J connectivity index is 2.10. The molecule has 0 spiro atoms. The SMILES string of the molecule is CSCCCCCCn1c(C(C)Cl)nc2c(Cl)cccc21. The molecule has 2 rings (SSSR count). The van der Waals surface area contributed by atoms with Crippen LogP contribution in [0.15, 0.2) is 18.2 Å². The molecule has 2 nitrogen and oxygen atoms in total. The van der Waals surface area contributed by atoms with Crippen LogP contribution >= 0.6 is 35.0 Å². The maximum Gasteiger partial charge on any atom is 0.127 e. The van der Waals surface area contributed by atoms with Crippen molar-refractivity contribution in [3.8, 4) is 0 Å². The zero-order valence-electron chi connectivity index (χ0n) is 12.6. The van der Waals surface area contributed by atoms with E-state index in [0.29, 0.717) is 5.02 Å². The maximum absolute atomic E-state index is 6.28. The van der Waals surface area contributed by atoms with E-state index in [-0.39, 0.29) is 5.38 Å². The van der Waals surface area contributed by atoms with E-state index in [1.807, 2.05) is 30.8 Å². The van der Waals surface area contributed by atoms with Crippen LogP contribution in [-0.4, -0.2) is 21.6 Å². The van der Waals surface area contributed by atoms with Crippen LogP contribution in [0.3, 0.4) is 0 Å². The topological polar surface area (TPSA) is 17.8 Å².